The minimum absolute atomic E-state index is 0.135. The summed E-state index contributed by atoms with van der Waals surface area (Å²) >= 11 is 0. The van der Waals surface area contributed by atoms with Gasteiger partial charge in [-0.05, 0) is 25.1 Å². The van der Waals surface area contributed by atoms with E-state index in [1.54, 1.807) is 0 Å². The highest BCUT2D eigenvalue weighted by Crippen LogP contribution is 2.12. The summed E-state index contributed by atoms with van der Waals surface area (Å²) in [5.41, 5.74) is 4.31. The van der Waals surface area contributed by atoms with E-state index in [-0.39, 0.29) is 11.3 Å². The highest BCUT2D eigenvalue weighted by atomic mass is 16.6. The molecule has 0 radical (unpaired) electrons. The predicted octanol–water partition coefficient (Wildman–Crippen LogP) is 2.01. The van der Waals surface area contributed by atoms with Crippen LogP contribution in [0.1, 0.15) is 21.7 Å². The van der Waals surface area contributed by atoms with E-state index in [1.165, 1.54) is 30.5 Å². The third kappa shape index (κ3) is 3.33. The molecular formula is C14H14N4O3. The average molecular weight is 286 g/mol. The van der Waals surface area contributed by atoms with Gasteiger partial charge in [0.1, 0.15) is 0 Å². The highest BCUT2D eigenvalue weighted by Gasteiger charge is 2.10. The van der Waals surface area contributed by atoms with E-state index in [0.29, 0.717) is 0 Å². The van der Waals surface area contributed by atoms with Gasteiger partial charge >= 0.3 is 0 Å². The molecule has 1 amide bonds. The Morgan fingerprint density at radius 2 is 2.14 bits per heavy atom. The number of nitrogens with one attached hydrogen (secondary N) is 1. The lowest BCUT2D eigenvalue weighted by molar-refractivity contribution is -0.384. The van der Waals surface area contributed by atoms with Crippen molar-refractivity contribution in [2.45, 2.75) is 6.92 Å². The van der Waals surface area contributed by atoms with Gasteiger partial charge in [-0.1, -0.05) is 6.07 Å². The second kappa shape index (κ2) is 6.00. The Morgan fingerprint density at radius 3 is 2.76 bits per heavy atom. The first-order chi connectivity index (χ1) is 9.99. The van der Waals surface area contributed by atoms with E-state index >= 15 is 0 Å². The van der Waals surface area contributed by atoms with E-state index in [9.17, 15) is 14.9 Å². The van der Waals surface area contributed by atoms with Gasteiger partial charge in [-0.2, -0.15) is 5.10 Å². The number of non-ortho nitro benzene ring substituents is 1. The Morgan fingerprint density at radius 1 is 1.38 bits per heavy atom. The zero-order valence-electron chi connectivity index (χ0n) is 11.6. The van der Waals surface area contributed by atoms with Gasteiger partial charge in [-0.25, -0.2) is 5.43 Å². The maximum Gasteiger partial charge on any atom is 0.271 e. The first kappa shape index (κ1) is 14.4. The third-order valence-corrected chi connectivity index (χ3v) is 3.09. The molecule has 0 unspecified atom stereocenters. The molecule has 1 heterocycles. The third-order valence-electron chi connectivity index (χ3n) is 3.09. The molecule has 0 saturated carbocycles. The van der Waals surface area contributed by atoms with Crippen molar-refractivity contribution >= 4 is 17.8 Å². The molecule has 1 aromatic carbocycles. The van der Waals surface area contributed by atoms with Crippen LogP contribution in [0.25, 0.3) is 0 Å². The molecule has 108 valence electrons. The molecule has 0 bridgehead atoms. The van der Waals surface area contributed by atoms with Crippen molar-refractivity contribution in [2.24, 2.45) is 12.1 Å². The minimum Gasteiger partial charge on any atom is -0.347 e. The summed E-state index contributed by atoms with van der Waals surface area (Å²) in [6.45, 7) is 1.96. The predicted molar refractivity (Wildman–Crippen MR) is 78.3 cm³/mol. The average Bonchev–Trinajstić information content (AvgIpc) is 2.79. The van der Waals surface area contributed by atoms with Crippen LogP contribution in [0.5, 0.6) is 0 Å². The number of hydrogen-bond donors (Lipinski definition) is 1. The van der Waals surface area contributed by atoms with Gasteiger partial charge in [-0.3, -0.25) is 14.9 Å². The Kier molecular flexibility index (Phi) is 4.13. The minimum atomic E-state index is -0.549. The maximum atomic E-state index is 11.8. The SMILES string of the molecule is Cc1ccc(/C=N/NC(=O)c2cccc([N+](=O)[O-])c2)n1C. The summed E-state index contributed by atoms with van der Waals surface area (Å²) < 4.78 is 1.92. The fraction of sp³-hybridized carbons (Fsp3) is 0.143. The largest absolute Gasteiger partial charge is 0.347 e. The quantitative estimate of drug-likeness (QED) is 0.529. The number of aryl methyl sites for hydroxylation is 1. The van der Waals surface area contributed by atoms with Crippen molar-refractivity contribution in [3.05, 3.63) is 63.5 Å². The van der Waals surface area contributed by atoms with Crippen molar-refractivity contribution in [2.75, 3.05) is 0 Å². The number of carbonyl (C=O) groups excluding carboxylic acids is 1. The number of hydrazone groups is 1. The lowest BCUT2D eigenvalue weighted by Crippen LogP contribution is -2.18. The van der Waals surface area contributed by atoms with Gasteiger partial charge in [0.25, 0.3) is 11.6 Å². The fourth-order valence-electron chi connectivity index (χ4n) is 1.75. The maximum absolute atomic E-state index is 11.8. The van der Waals surface area contributed by atoms with Crippen LogP contribution in [0, 0.1) is 17.0 Å². The van der Waals surface area contributed by atoms with Gasteiger partial charge in [0.15, 0.2) is 0 Å². The molecule has 0 saturated heterocycles. The van der Waals surface area contributed by atoms with Crippen LogP contribution in [0.2, 0.25) is 0 Å². The first-order valence-electron chi connectivity index (χ1n) is 6.19. The Bertz CT molecular complexity index is 719. The zero-order valence-corrected chi connectivity index (χ0v) is 11.6. The number of hydrogen-bond acceptors (Lipinski definition) is 4. The molecule has 0 aliphatic heterocycles. The molecule has 7 heteroatoms. The number of benzene rings is 1. The second-order valence-corrected chi connectivity index (χ2v) is 4.47. The van der Waals surface area contributed by atoms with Crippen LogP contribution in [-0.2, 0) is 7.05 Å². The van der Waals surface area contributed by atoms with Crippen LogP contribution in [-0.4, -0.2) is 21.6 Å². The van der Waals surface area contributed by atoms with E-state index in [1.807, 2.05) is 30.7 Å². The second-order valence-electron chi connectivity index (χ2n) is 4.47. The van der Waals surface area contributed by atoms with Crippen molar-refractivity contribution in [3.8, 4) is 0 Å². The summed E-state index contributed by atoms with van der Waals surface area (Å²) in [7, 11) is 1.89. The smallest absolute Gasteiger partial charge is 0.271 e. The molecule has 2 aromatic rings. The highest BCUT2D eigenvalue weighted by molar-refractivity contribution is 5.95. The Labute approximate surface area is 121 Å². The van der Waals surface area contributed by atoms with Crippen molar-refractivity contribution < 1.29 is 9.72 Å². The summed E-state index contributed by atoms with van der Waals surface area (Å²) in [5.74, 6) is -0.499. The first-order valence-corrected chi connectivity index (χ1v) is 6.19. The van der Waals surface area contributed by atoms with Gasteiger partial charge in [0.05, 0.1) is 16.8 Å². The molecule has 0 aliphatic carbocycles. The zero-order chi connectivity index (χ0) is 15.4. The van der Waals surface area contributed by atoms with E-state index in [0.717, 1.165) is 11.4 Å². The van der Waals surface area contributed by atoms with Crippen LogP contribution < -0.4 is 5.43 Å². The van der Waals surface area contributed by atoms with Gasteiger partial charge < -0.3 is 4.57 Å². The summed E-state index contributed by atoms with van der Waals surface area (Å²) in [4.78, 5) is 22.0. The van der Waals surface area contributed by atoms with Crippen molar-refractivity contribution in [1.82, 2.24) is 9.99 Å². The molecule has 1 N–H and O–H groups in total. The van der Waals surface area contributed by atoms with E-state index < -0.39 is 10.8 Å². The van der Waals surface area contributed by atoms with E-state index in [2.05, 4.69) is 10.5 Å². The topological polar surface area (TPSA) is 89.5 Å². The Hall–Kier alpha value is -2.96. The summed E-state index contributed by atoms with van der Waals surface area (Å²) in [6.07, 6.45) is 1.52. The molecule has 0 aliphatic rings. The summed E-state index contributed by atoms with van der Waals surface area (Å²) in [6, 6.07) is 9.29. The van der Waals surface area contributed by atoms with Crippen LogP contribution in [0.3, 0.4) is 0 Å². The molecule has 2 rings (SSSR count). The van der Waals surface area contributed by atoms with Gasteiger partial charge in [0, 0.05) is 30.4 Å². The normalized spacial score (nSPS) is 10.8. The Balaban J connectivity index is 2.06. The molecule has 21 heavy (non-hydrogen) atoms. The lowest BCUT2D eigenvalue weighted by Gasteiger charge is -2.01. The monoisotopic (exact) mass is 286 g/mol. The molecule has 0 spiro atoms. The van der Waals surface area contributed by atoms with Crippen LogP contribution in [0.4, 0.5) is 5.69 Å². The number of carbonyl (C=O) groups is 1. The van der Waals surface area contributed by atoms with Gasteiger partial charge in [-0.15, -0.1) is 0 Å². The van der Waals surface area contributed by atoms with Crippen molar-refractivity contribution in [3.63, 3.8) is 0 Å². The fourth-order valence-corrected chi connectivity index (χ4v) is 1.75. The summed E-state index contributed by atoms with van der Waals surface area (Å²) in [5, 5.41) is 14.5. The van der Waals surface area contributed by atoms with Crippen molar-refractivity contribution in [1.29, 1.82) is 0 Å². The molecule has 1 aromatic heterocycles. The molecular weight excluding hydrogens is 272 g/mol. The molecule has 0 atom stereocenters. The number of aromatic nitrogens is 1. The number of nitro groups is 1. The van der Waals surface area contributed by atoms with E-state index in [4.69, 9.17) is 0 Å². The number of rotatable bonds is 4. The molecule has 7 nitrogen and oxygen atoms in total. The van der Waals surface area contributed by atoms with Crippen LogP contribution in [0.15, 0.2) is 41.5 Å². The van der Waals surface area contributed by atoms with Gasteiger partial charge in [0.2, 0.25) is 0 Å². The van der Waals surface area contributed by atoms with Crippen LogP contribution >= 0.6 is 0 Å². The molecule has 0 fully saturated rings. The number of nitrogens with zero attached hydrogens (tertiary/aromatic N) is 3. The number of amides is 1. The standard InChI is InChI=1S/C14H14N4O3/c1-10-6-7-13(17(10)2)9-15-16-14(19)11-4-3-5-12(8-11)18(20)21/h3-9H,1-2H3,(H,16,19)/b15-9+. The number of nitro benzene ring substituents is 1. The lowest BCUT2D eigenvalue weighted by atomic mass is 10.2.